The fourth-order valence-corrected chi connectivity index (χ4v) is 2.09. The lowest BCUT2D eigenvalue weighted by Crippen LogP contribution is -2.56. The van der Waals surface area contributed by atoms with Crippen LogP contribution in [0.4, 0.5) is 0 Å². The van der Waals surface area contributed by atoms with Crippen LogP contribution in [0.3, 0.4) is 0 Å². The minimum absolute atomic E-state index is 0.0191. The number of carbonyl (C=O) groups is 1. The highest BCUT2D eigenvalue weighted by atomic mass is 79.9. The van der Waals surface area contributed by atoms with E-state index in [0.29, 0.717) is 31.0 Å². The van der Waals surface area contributed by atoms with Gasteiger partial charge in [-0.3, -0.25) is 4.79 Å². The van der Waals surface area contributed by atoms with Gasteiger partial charge in [0, 0.05) is 24.0 Å². The maximum Gasteiger partial charge on any atom is 0.222 e. The third-order valence-corrected chi connectivity index (χ3v) is 3.44. The van der Waals surface area contributed by atoms with Crippen LogP contribution in [0.25, 0.3) is 0 Å². The van der Waals surface area contributed by atoms with Gasteiger partial charge >= 0.3 is 0 Å². The number of halogens is 1. The van der Waals surface area contributed by atoms with E-state index in [1.54, 1.807) is 23.2 Å². The molecule has 1 aliphatic heterocycles. The Bertz CT molecular complexity index is 495. The topological polar surface area (TPSA) is 66.2 Å². The van der Waals surface area contributed by atoms with Gasteiger partial charge in [0.2, 0.25) is 11.8 Å². The molecule has 1 aromatic heterocycles. The number of ether oxygens (including phenoxy) is 1. The lowest BCUT2D eigenvalue weighted by Gasteiger charge is -2.38. The van der Waals surface area contributed by atoms with Crippen LogP contribution in [0.15, 0.2) is 18.3 Å². The highest BCUT2D eigenvalue weighted by molar-refractivity contribution is 9.09. The highest BCUT2D eigenvalue weighted by Gasteiger charge is 2.31. The number of aromatic nitrogens is 1. The van der Waals surface area contributed by atoms with Gasteiger partial charge in [-0.25, -0.2) is 4.98 Å². The first-order chi connectivity index (χ1) is 9.22. The Morgan fingerprint density at radius 3 is 3.11 bits per heavy atom. The molecule has 6 heteroatoms. The summed E-state index contributed by atoms with van der Waals surface area (Å²) in [5.41, 5.74) is 0.523. The quantitative estimate of drug-likeness (QED) is 0.774. The molecule has 0 radical (unpaired) electrons. The van der Waals surface area contributed by atoms with Crippen molar-refractivity contribution in [3.63, 3.8) is 0 Å². The molecule has 0 N–H and O–H groups in total. The lowest BCUT2D eigenvalue weighted by molar-refractivity contribution is -0.140. The van der Waals surface area contributed by atoms with Crippen LogP contribution < -0.4 is 4.74 Å². The summed E-state index contributed by atoms with van der Waals surface area (Å²) >= 11 is 3.31. The van der Waals surface area contributed by atoms with E-state index in [1.807, 2.05) is 6.07 Å². The van der Waals surface area contributed by atoms with E-state index >= 15 is 0 Å². The summed E-state index contributed by atoms with van der Waals surface area (Å²) in [6, 6.07) is 5.27. The molecular weight excluding hydrogens is 310 g/mol. The smallest absolute Gasteiger partial charge is 0.222 e. The number of rotatable bonds is 5. The summed E-state index contributed by atoms with van der Waals surface area (Å²) in [5.74, 6) is 0.606. The van der Waals surface area contributed by atoms with Gasteiger partial charge < -0.3 is 9.64 Å². The van der Waals surface area contributed by atoms with E-state index in [-0.39, 0.29) is 12.0 Å². The number of carbonyl (C=O) groups excluding carboxylic acids is 1. The molecule has 0 bridgehead atoms. The molecule has 2 heterocycles. The van der Waals surface area contributed by atoms with Crippen molar-refractivity contribution >= 4 is 21.8 Å². The number of hydrogen-bond acceptors (Lipinski definition) is 4. The van der Waals surface area contributed by atoms with E-state index < -0.39 is 0 Å². The predicted molar refractivity (Wildman–Crippen MR) is 73.0 cm³/mol. The Morgan fingerprint density at radius 2 is 2.42 bits per heavy atom. The molecule has 100 valence electrons. The number of hydrogen-bond donors (Lipinski definition) is 0. The Labute approximate surface area is 120 Å². The zero-order valence-electron chi connectivity index (χ0n) is 10.4. The summed E-state index contributed by atoms with van der Waals surface area (Å²) in [7, 11) is 0. The fraction of sp³-hybridized carbons (Fsp3) is 0.462. The van der Waals surface area contributed by atoms with Crippen molar-refractivity contribution in [2.75, 3.05) is 18.4 Å². The second kappa shape index (κ2) is 6.53. The van der Waals surface area contributed by atoms with Crippen molar-refractivity contribution in [1.29, 1.82) is 5.26 Å². The highest BCUT2D eigenvalue weighted by Crippen LogP contribution is 2.18. The van der Waals surface area contributed by atoms with Crippen LogP contribution in [0.5, 0.6) is 5.88 Å². The second-order valence-corrected chi connectivity index (χ2v) is 5.12. The zero-order chi connectivity index (χ0) is 13.7. The van der Waals surface area contributed by atoms with Crippen LogP contribution in [-0.2, 0) is 4.79 Å². The van der Waals surface area contributed by atoms with Crippen molar-refractivity contribution in [1.82, 2.24) is 9.88 Å². The van der Waals surface area contributed by atoms with Crippen LogP contribution in [0.2, 0.25) is 0 Å². The first-order valence-corrected chi connectivity index (χ1v) is 7.21. The van der Waals surface area contributed by atoms with Crippen molar-refractivity contribution in [2.45, 2.75) is 18.9 Å². The van der Waals surface area contributed by atoms with Crippen molar-refractivity contribution in [2.24, 2.45) is 0 Å². The van der Waals surface area contributed by atoms with Crippen molar-refractivity contribution < 1.29 is 9.53 Å². The number of likely N-dealkylation sites (tertiary alicyclic amines) is 1. The standard InChI is InChI=1S/C13H14BrN3O2/c14-4-1-2-13(18)17-8-11(9-17)19-12-6-10(7-15)3-5-16-12/h3,5-6,11H,1-2,4,8-9H2. The van der Waals surface area contributed by atoms with Gasteiger partial charge in [0.05, 0.1) is 24.7 Å². The Kier molecular flexibility index (Phi) is 4.74. The number of nitrogens with zero attached hydrogens (tertiary/aromatic N) is 3. The summed E-state index contributed by atoms with van der Waals surface area (Å²) in [4.78, 5) is 17.5. The van der Waals surface area contributed by atoms with E-state index in [4.69, 9.17) is 10.00 Å². The van der Waals surface area contributed by atoms with Crippen LogP contribution in [-0.4, -0.2) is 40.3 Å². The zero-order valence-corrected chi connectivity index (χ0v) is 12.0. The van der Waals surface area contributed by atoms with Gasteiger partial charge in [0.15, 0.2) is 0 Å². The molecule has 0 spiro atoms. The average molecular weight is 324 g/mol. The molecule has 0 atom stereocenters. The van der Waals surface area contributed by atoms with E-state index in [2.05, 4.69) is 20.9 Å². The summed E-state index contributed by atoms with van der Waals surface area (Å²) in [6.45, 7) is 1.19. The minimum atomic E-state index is -0.0191. The number of nitriles is 1. The molecule has 2 rings (SSSR count). The first-order valence-electron chi connectivity index (χ1n) is 6.09. The van der Waals surface area contributed by atoms with Crippen LogP contribution >= 0.6 is 15.9 Å². The molecule has 0 unspecified atom stereocenters. The SMILES string of the molecule is N#Cc1ccnc(OC2CN(C(=O)CCCBr)C2)c1. The molecular formula is C13H14BrN3O2. The third kappa shape index (κ3) is 3.67. The van der Waals surface area contributed by atoms with Crippen LogP contribution in [0, 0.1) is 11.3 Å². The normalized spacial score (nSPS) is 14.6. The molecule has 1 fully saturated rings. The molecule has 1 aliphatic rings. The summed E-state index contributed by atoms with van der Waals surface area (Å²) in [5, 5.41) is 9.62. The minimum Gasteiger partial charge on any atom is -0.471 e. The predicted octanol–water partition coefficient (Wildman–Crippen LogP) is 1.72. The molecule has 5 nitrogen and oxygen atoms in total. The lowest BCUT2D eigenvalue weighted by atomic mass is 10.1. The number of alkyl halides is 1. The Hall–Kier alpha value is -1.61. The van der Waals surface area contributed by atoms with Gasteiger partial charge in [-0.2, -0.15) is 5.26 Å². The Balaban J connectivity index is 1.78. The third-order valence-electron chi connectivity index (χ3n) is 2.88. The fourth-order valence-electron chi connectivity index (χ4n) is 1.81. The monoisotopic (exact) mass is 323 g/mol. The first kappa shape index (κ1) is 13.8. The second-order valence-electron chi connectivity index (χ2n) is 4.33. The van der Waals surface area contributed by atoms with E-state index in [9.17, 15) is 4.79 Å². The van der Waals surface area contributed by atoms with Gasteiger partial charge in [0.25, 0.3) is 0 Å². The number of pyridine rings is 1. The van der Waals surface area contributed by atoms with E-state index in [1.165, 1.54) is 0 Å². The maximum atomic E-state index is 11.7. The number of amides is 1. The average Bonchev–Trinajstić information content (AvgIpc) is 2.40. The molecule has 1 amide bonds. The molecule has 19 heavy (non-hydrogen) atoms. The van der Waals surface area contributed by atoms with Crippen molar-refractivity contribution in [3.05, 3.63) is 23.9 Å². The van der Waals surface area contributed by atoms with Gasteiger partial charge in [-0.1, -0.05) is 15.9 Å². The molecule has 1 saturated heterocycles. The molecule has 0 saturated carbocycles. The van der Waals surface area contributed by atoms with Gasteiger partial charge in [-0.15, -0.1) is 0 Å². The largest absolute Gasteiger partial charge is 0.471 e. The molecule has 0 aromatic carbocycles. The summed E-state index contributed by atoms with van der Waals surface area (Å²) < 4.78 is 5.61. The van der Waals surface area contributed by atoms with Crippen molar-refractivity contribution in [3.8, 4) is 11.9 Å². The van der Waals surface area contributed by atoms with E-state index in [0.717, 1.165) is 11.8 Å². The summed E-state index contributed by atoms with van der Waals surface area (Å²) in [6.07, 6.45) is 2.95. The van der Waals surface area contributed by atoms with Gasteiger partial charge in [-0.05, 0) is 12.5 Å². The van der Waals surface area contributed by atoms with Crippen LogP contribution in [0.1, 0.15) is 18.4 Å². The molecule has 0 aliphatic carbocycles. The van der Waals surface area contributed by atoms with Gasteiger partial charge in [0.1, 0.15) is 6.10 Å². The Morgan fingerprint density at radius 1 is 1.63 bits per heavy atom. The molecule has 1 aromatic rings. The maximum absolute atomic E-state index is 11.7.